The van der Waals surface area contributed by atoms with E-state index in [1.165, 1.54) is 22.9 Å². The number of ether oxygens (including phenoxy) is 1. The lowest BCUT2D eigenvalue weighted by atomic mass is 9.99. The summed E-state index contributed by atoms with van der Waals surface area (Å²) >= 11 is 0.987. The number of piperazine rings is 1. The molecule has 2 aromatic heterocycles. The third-order valence-corrected chi connectivity index (χ3v) is 9.22. The van der Waals surface area contributed by atoms with Gasteiger partial charge in [0.1, 0.15) is 4.21 Å². The Kier molecular flexibility index (Phi) is 6.51. The van der Waals surface area contributed by atoms with Crippen molar-refractivity contribution >= 4 is 44.1 Å². The summed E-state index contributed by atoms with van der Waals surface area (Å²) < 4.78 is 32.2. The van der Waals surface area contributed by atoms with Gasteiger partial charge in [-0.2, -0.15) is 4.31 Å². The molecule has 0 aliphatic carbocycles. The minimum absolute atomic E-state index is 0.0891. The van der Waals surface area contributed by atoms with E-state index in [1.54, 1.807) is 4.90 Å². The van der Waals surface area contributed by atoms with Gasteiger partial charge in [-0.25, -0.2) is 13.2 Å². The number of thiophene rings is 1. The Morgan fingerprint density at radius 3 is 2.52 bits per heavy atom. The lowest BCUT2D eigenvalue weighted by Gasteiger charge is -2.34. The number of aryl methyl sites for hydroxylation is 1. The Labute approximate surface area is 196 Å². The molecule has 0 spiro atoms. The highest BCUT2D eigenvalue weighted by Gasteiger charge is 2.33. The van der Waals surface area contributed by atoms with Crippen molar-refractivity contribution in [2.45, 2.75) is 24.5 Å². The number of sulfonamides is 1. The van der Waals surface area contributed by atoms with E-state index in [2.05, 4.69) is 9.72 Å². The number of hydrogen-bond donors (Lipinski definition) is 0. The average Bonchev–Trinajstić information content (AvgIpc) is 3.34. The van der Waals surface area contributed by atoms with Crippen molar-refractivity contribution in [3.05, 3.63) is 58.1 Å². The summed E-state index contributed by atoms with van der Waals surface area (Å²) in [4.78, 5) is 31.6. The van der Waals surface area contributed by atoms with Gasteiger partial charge in [0.15, 0.2) is 0 Å². The highest BCUT2D eigenvalue weighted by Crippen LogP contribution is 2.28. The second-order valence-electron chi connectivity index (χ2n) is 7.77. The van der Waals surface area contributed by atoms with Gasteiger partial charge >= 0.3 is 5.97 Å². The summed E-state index contributed by atoms with van der Waals surface area (Å²) in [6.45, 7) is 4.86. The van der Waals surface area contributed by atoms with Gasteiger partial charge in [0.05, 0.1) is 23.8 Å². The molecule has 1 aromatic carbocycles. The van der Waals surface area contributed by atoms with Crippen LogP contribution in [0.1, 0.15) is 38.9 Å². The van der Waals surface area contributed by atoms with Gasteiger partial charge in [-0.05, 0) is 31.0 Å². The van der Waals surface area contributed by atoms with E-state index < -0.39 is 16.0 Å². The first-order chi connectivity index (χ1) is 15.8. The van der Waals surface area contributed by atoms with Crippen molar-refractivity contribution in [3.8, 4) is 0 Å². The zero-order valence-corrected chi connectivity index (χ0v) is 20.3. The molecule has 0 atom stereocenters. The van der Waals surface area contributed by atoms with Crippen LogP contribution in [0.25, 0.3) is 10.9 Å². The van der Waals surface area contributed by atoms with Crippen LogP contribution in [0.5, 0.6) is 0 Å². The predicted molar refractivity (Wildman–Crippen MR) is 126 cm³/mol. The van der Waals surface area contributed by atoms with Crippen LogP contribution in [0, 0.1) is 6.92 Å². The largest absolute Gasteiger partial charge is 0.465 e. The van der Waals surface area contributed by atoms with Crippen LogP contribution in [0.15, 0.2) is 39.9 Å². The molecule has 4 rings (SSSR count). The maximum atomic E-state index is 13.5. The van der Waals surface area contributed by atoms with Gasteiger partial charge in [0.2, 0.25) is 0 Å². The topological polar surface area (TPSA) is 96.9 Å². The van der Waals surface area contributed by atoms with Crippen molar-refractivity contribution in [2.24, 2.45) is 0 Å². The Hall–Kier alpha value is -2.82. The first-order valence-corrected chi connectivity index (χ1v) is 12.9. The number of fused-ring (bicyclic) bond motifs is 1. The second kappa shape index (κ2) is 9.20. The summed E-state index contributed by atoms with van der Waals surface area (Å²) in [5.74, 6) is -0.684. The summed E-state index contributed by atoms with van der Waals surface area (Å²) in [7, 11) is -2.50. The molecule has 10 heteroatoms. The van der Waals surface area contributed by atoms with Crippen molar-refractivity contribution < 1.29 is 22.7 Å². The molecule has 1 amide bonds. The molecular weight excluding hydrogens is 462 g/mol. The first kappa shape index (κ1) is 23.3. The molecule has 1 fully saturated rings. The summed E-state index contributed by atoms with van der Waals surface area (Å²) in [5, 5.41) is 2.28. The van der Waals surface area contributed by atoms with Crippen LogP contribution in [-0.4, -0.2) is 67.8 Å². The molecule has 33 heavy (non-hydrogen) atoms. The fourth-order valence-corrected chi connectivity index (χ4v) is 6.80. The SMILES string of the molecule is CCc1nc2ccccc2c(C(=O)N2CCN(S(=O)(=O)c3cc(C(=O)OC)cs3)CC2)c1C. The van der Waals surface area contributed by atoms with E-state index in [-0.39, 0.29) is 41.9 Å². The molecule has 174 valence electrons. The minimum atomic E-state index is -3.75. The zero-order chi connectivity index (χ0) is 23.8. The predicted octanol–water partition coefficient (Wildman–Crippen LogP) is 3.10. The number of nitrogens with zero attached hydrogens (tertiary/aromatic N) is 3. The van der Waals surface area contributed by atoms with E-state index >= 15 is 0 Å². The number of carbonyl (C=O) groups excluding carboxylic acids is 2. The maximum Gasteiger partial charge on any atom is 0.338 e. The Morgan fingerprint density at radius 1 is 1.15 bits per heavy atom. The van der Waals surface area contributed by atoms with Crippen LogP contribution in [0.2, 0.25) is 0 Å². The standard InChI is InChI=1S/C23H25N3O5S2/c1-4-18-15(2)21(17-7-5-6-8-19(17)24-18)22(27)25-9-11-26(12-10-25)33(29,30)20-13-16(14-32-20)23(28)31-3/h5-8,13-14H,4,9-12H2,1-3H3. The van der Waals surface area contributed by atoms with Crippen molar-refractivity contribution in [3.63, 3.8) is 0 Å². The van der Waals surface area contributed by atoms with E-state index in [4.69, 9.17) is 0 Å². The Morgan fingerprint density at radius 2 is 1.85 bits per heavy atom. The van der Waals surface area contributed by atoms with Crippen molar-refractivity contribution in [1.82, 2.24) is 14.2 Å². The third kappa shape index (κ3) is 4.25. The first-order valence-electron chi connectivity index (χ1n) is 10.6. The minimum Gasteiger partial charge on any atom is -0.465 e. The zero-order valence-electron chi connectivity index (χ0n) is 18.7. The number of rotatable bonds is 5. The van der Waals surface area contributed by atoms with Gasteiger partial charge in [-0.1, -0.05) is 25.1 Å². The van der Waals surface area contributed by atoms with Crippen LogP contribution < -0.4 is 0 Å². The Balaban J connectivity index is 1.55. The lowest BCUT2D eigenvalue weighted by Crippen LogP contribution is -2.50. The monoisotopic (exact) mass is 487 g/mol. The van der Waals surface area contributed by atoms with Crippen molar-refractivity contribution in [1.29, 1.82) is 0 Å². The molecule has 0 saturated carbocycles. The number of para-hydroxylation sites is 1. The normalized spacial score (nSPS) is 15.1. The number of carbonyl (C=O) groups is 2. The molecule has 1 aliphatic rings. The van der Waals surface area contributed by atoms with E-state index in [9.17, 15) is 18.0 Å². The molecule has 1 aliphatic heterocycles. The van der Waals surface area contributed by atoms with Gasteiger partial charge in [0, 0.05) is 42.6 Å². The van der Waals surface area contributed by atoms with Crippen LogP contribution in [-0.2, 0) is 21.2 Å². The third-order valence-electron chi connectivity index (χ3n) is 5.90. The summed E-state index contributed by atoms with van der Waals surface area (Å²) in [5.41, 5.74) is 3.38. The van der Waals surface area contributed by atoms with E-state index in [1.807, 2.05) is 38.1 Å². The molecule has 8 nitrogen and oxygen atoms in total. The van der Waals surface area contributed by atoms with Crippen LogP contribution in [0.4, 0.5) is 0 Å². The maximum absolute atomic E-state index is 13.5. The molecule has 0 unspecified atom stereocenters. The molecule has 0 N–H and O–H groups in total. The quantitative estimate of drug-likeness (QED) is 0.513. The van der Waals surface area contributed by atoms with Gasteiger partial charge in [-0.3, -0.25) is 9.78 Å². The highest BCUT2D eigenvalue weighted by atomic mass is 32.2. The number of benzene rings is 1. The van der Waals surface area contributed by atoms with E-state index in [0.29, 0.717) is 5.56 Å². The lowest BCUT2D eigenvalue weighted by molar-refractivity contribution is 0.0600. The summed E-state index contributed by atoms with van der Waals surface area (Å²) in [6.07, 6.45) is 0.720. The number of hydrogen-bond acceptors (Lipinski definition) is 7. The van der Waals surface area contributed by atoms with Crippen LogP contribution in [0.3, 0.4) is 0 Å². The van der Waals surface area contributed by atoms with E-state index in [0.717, 1.165) is 39.9 Å². The van der Waals surface area contributed by atoms with Gasteiger partial charge in [0.25, 0.3) is 15.9 Å². The molecular formula is C23H25N3O5S2. The van der Waals surface area contributed by atoms with Gasteiger partial charge < -0.3 is 9.64 Å². The van der Waals surface area contributed by atoms with Crippen molar-refractivity contribution in [2.75, 3.05) is 33.3 Å². The number of pyridine rings is 1. The number of methoxy groups -OCH3 is 1. The van der Waals surface area contributed by atoms with Crippen LogP contribution >= 0.6 is 11.3 Å². The second-order valence-corrected chi connectivity index (χ2v) is 10.8. The average molecular weight is 488 g/mol. The fourth-order valence-electron chi connectivity index (χ4n) is 4.07. The van der Waals surface area contributed by atoms with Gasteiger partial charge in [-0.15, -0.1) is 11.3 Å². The molecule has 0 bridgehead atoms. The fraction of sp³-hybridized carbons (Fsp3) is 0.348. The molecule has 1 saturated heterocycles. The smallest absolute Gasteiger partial charge is 0.338 e. The molecule has 3 aromatic rings. The summed E-state index contributed by atoms with van der Waals surface area (Å²) in [6, 6.07) is 8.93. The molecule has 0 radical (unpaired) electrons. The number of amides is 1. The number of esters is 1. The number of aromatic nitrogens is 1. The molecule has 3 heterocycles. The highest BCUT2D eigenvalue weighted by molar-refractivity contribution is 7.91. The Bertz CT molecular complexity index is 1330.